The Kier molecular flexibility index (Phi) is 4.70. The second-order valence-corrected chi connectivity index (χ2v) is 5.16. The zero-order valence-corrected chi connectivity index (χ0v) is 12.8. The molecule has 0 radical (unpaired) electrons. The van der Waals surface area contributed by atoms with Crippen LogP contribution < -0.4 is 16.4 Å². The second-order valence-electron chi connectivity index (χ2n) is 4.75. The maximum atomic E-state index is 11.9. The summed E-state index contributed by atoms with van der Waals surface area (Å²) >= 11 is 6.11. The van der Waals surface area contributed by atoms with Crippen molar-refractivity contribution in [1.82, 2.24) is 5.32 Å². The number of hydrogen-bond acceptors (Lipinski definition) is 3. The van der Waals surface area contributed by atoms with E-state index >= 15 is 0 Å². The highest BCUT2D eigenvalue weighted by atomic mass is 35.5. The Balaban J connectivity index is 2.28. The zero-order valence-electron chi connectivity index (χ0n) is 12.0. The van der Waals surface area contributed by atoms with Crippen LogP contribution in [0, 0.1) is 6.92 Å². The van der Waals surface area contributed by atoms with E-state index in [-0.39, 0.29) is 5.91 Å². The highest BCUT2D eigenvalue weighted by molar-refractivity contribution is 6.31. The number of hydrogen-bond donors (Lipinski definition) is 3. The summed E-state index contributed by atoms with van der Waals surface area (Å²) in [5.41, 5.74) is 9.59. The van der Waals surface area contributed by atoms with Gasteiger partial charge in [-0.15, -0.1) is 0 Å². The first-order valence-electron chi connectivity index (χ1n) is 6.72. The van der Waals surface area contributed by atoms with E-state index in [2.05, 4.69) is 10.6 Å². The SMILES string of the molecule is CCNC(=O)c1ccc(N)c(Nc2ccc(C)c(Cl)c2)c1. The maximum absolute atomic E-state index is 11.9. The van der Waals surface area contributed by atoms with Gasteiger partial charge in [0.2, 0.25) is 0 Å². The molecule has 0 fully saturated rings. The Morgan fingerprint density at radius 1 is 1.24 bits per heavy atom. The Hall–Kier alpha value is -2.20. The predicted molar refractivity (Wildman–Crippen MR) is 88.3 cm³/mol. The Morgan fingerprint density at radius 3 is 2.67 bits per heavy atom. The first-order chi connectivity index (χ1) is 10.0. The quantitative estimate of drug-likeness (QED) is 0.754. The second kappa shape index (κ2) is 6.50. The van der Waals surface area contributed by atoms with E-state index in [1.54, 1.807) is 18.2 Å². The van der Waals surface area contributed by atoms with Crippen molar-refractivity contribution in [2.75, 3.05) is 17.6 Å². The van der Waals surface area contributed by atoms with Crippen LogP contribution in [0.1, 0.15) is 22.8 Å². The fraction of sp³-hybridized carbons (Fsp3) is 0.188. The number of benzene rings is 2. The van der Waals surface area contributed by atoms with E-state index in [4.69, 9.17) is 17.3 Å². The number of amides is 1. The highest BCUT2D eigenvalue weighted by Crippen LogP contribution is 2.27. The van der Waals surface area contributed by atoms with E-state index in [0.717, 1.165) is 11.3 Å². The summed E-state index contributed by atoms with van der Waals surface area (Å²) in [6, 6.07) is 10.8. The summed E-state index contributed by atoms with van der Waals surface area (Å²) in [7, 11) is 0. The van der Waals surface area contributed by atoms with Gasteiger partial charge in [-0.2, -0.15) is 0 Å². The van der Waals surface area contributed by atoms with Crippen LogP contribution in [-0.2, 0) is 0 Å². The van der Waals surface area contributed by atoms with Crippen molar-refractivity contribution in [3.63, 3.8) is 0 Å². The molecule has 0 heterocycles. The van der Waals surface area contributed by atoms with Crippen molar-refractivity contribution in [3.8, 4) is 0 Å². The lowest BCUT2D eigenvalue weighted by molar-refractivity contribution is 0.0956. The molecule has 4 N–H and O–H groups in total. The number of nitrogens with two attached hydrogens (primary N) is 1. The smallest absolute Gasteiger partial charge is 0.251 e. The van der Waals surface area contributed by atoms with Crippen LogP contribution in [0.25, 0.3) is 0 Å². The fourth-order valence-electron chi connectivity index (χ4n) is 1.89. The lowest BCUT2D eigenvalue weighted by atomic mass is 10.1. The molecule has 2 aromatic rings. The van der Waals surface area contributed by atoms with Crippen molar-refractivity contribution < 1.29 is 4.79 Å². The molecule has 21 heavy (non-hydrogen) atoms. The first kappa shape index (κ1) is 15.2. The molecular formula is C16H18ClN3O. The number of halogens is 1. The van der Waals surface area contributed by atoms with Gasteiger partial charge in [0.05, 0.1) is 11.4 Å². The van der Waals surface area contributed by atoms with Gasteiger partial charge in [-0.25, -0.2) is 0 Å². The molecule has 0 aliphatic heterocycles. The van der Waals surface area contributed by atoms with E-state index in [1.807, 2.05) is 32.0 Å². The number of nitrogen functional groups attached to an aromatic ring is 1. The summed E-state index contributed by atoms with van der Waals surface area (Å²) in [6.45, 7) is 4.40. The summed E-state index contributed by atoms with van der Waals surface area (Å²) in [6.07, 6.45) is 0. The molecule has 1 amide bonds. The van der Waals surface area contributed by atoms with Crippen molar-refractivity contribution in [2.24, 2.45) is 0 Å². The third kappa shape index (κ3) is 3.67. The van der Waals surface area contributed by atoms with Crippen LogP contribution >= 0.6 is 11.6 Å². The number of rotatable bonds is 4. The maximum Gasteiger partial charge on any atom is 0.251 e. The Bertz CT molecular complexity index is 671. The van der Waals surface area contributed by atoms with Crippen LogP contribution in [-0.4, -0.2) is 12.5 Å². The van der Waals surface area contributed by atoms with Crippen LogP contribution in [0.5, 0.6) is 0 Å². The normalized spacial score (nSPS) is 10.2. The fourth-order valence-corrected chi connectivity index (χ4v) is 2.08. The van der Waals surface area contributed by atoms with Gasteiger partial charge in [-0.1, -0.05) is 17.7 Å². The zero-order chi connectivity index (χ0) is 15.4. The van der Waals surface area contributed by atoms with E-state index in [9.17, 15) is 4.79 Å². The molecule has 110 valence electrons. The van der Waals surface area contributed by atoms with Crippen molar-refractivity contribution in [1.29, 1.82) is 0 Å². The standard InChI is InChI=1S/C16H18ClN3O/c1-3-19-16(21)11-5-7-14(18)15(8-11)20-12-6-4-10(2)13(17)9-12/h4-9,20H,3,18H2,1-2H3,(H,19,21). The van der Waals surface area contributed by atoms with Crippen LogP contribution in [0.3, 0.4) is 0 Å². The number of nitrogens with one attached hydrogen (secondary N) is 2. The van der Waals surface area contributed by atoms with Gasteiger partial charge >= 0.3 is 0 Å². The number of anilines is 3. The minimum absolute atomic E-state index is 0.123. The minimum atomic E-state index is -0.123. The van der Waals surface area contributed by atoms with Crippen molar-refractivity contribution in [3.05, 3.63) is 52.5 Å². The molecule has 0 saturated heterocycles. The van der Waals surface area contributed by atoms with Crippen molar-refractivity contribution >= 4 is 34.6 Å². The van der Waals surface area contributed by atoms with Gasteiger partial charge in [0.15, 0.2) is 0 Å². The molecule has 0 saturated carbocycles. The van der Waals surface area contributed by atoms with Crippen molar-refractivity contribution in [2.45, 2.75) is 13.8 Å². The molecule has 0 unspecified atom stereocenters. The lowest BCUT2D eigenvalue weighted by Gasteiger charge is -2.12. The largest absolute Gasteiger partial charge is 0.397 e. The topological polar surface area (TPSA) is 67.2 Å². The van der Waals surface area contributed by atoms with Gasteiger partial charge < -0.3 is 16.4 Å². The molecule has 2 rings (SSSR count). The summed E-state index contributed by atoms with van der Waals surface area (Å²) in [4.78, 5) is 11.9. The minimum Gasteiger partial charge on any atom is -0.397 e. The molecule has 5 heteroatoms. The molecule has 0 spiro atoms. The van der Waals surface area contributed by atoms with Gasteiger partial charge in [0.25, 0.3) is 5.91 Å². The Morgan fingerprint density at radius 2 is 2.00 bits per heavy atom. The summed E-state index contributed by atoms with van der Waals surface area (Å²) in [5.74, 6) is -0.123. The van der Waals surface area contributed by atoms with Crippen LogP contribution in [0.4, 0.5) is 17.1 Å². The summed E-state index contributed by atoms with van der Waals surface area (Å²) in [5, 5.41) is 6.63. The molecule has 0 aromatic heterocycles. The molecule has 2 aromatic carbocycles. The third-order valence-electron chi connectivity index (χ3n) is 3.10. The number of carbonyl (C=O) groups excluding carboxylic acids is 1. The average Bonchev–Trinajstić information content (AvgIpc) is 2.45. The van der Waals surface area contributed by atoms with E-state index in [0.29, 0.717) is 28.5 Å². The molecular weight excluding hydrogens is 286 g/mol. The van der Waals surface area contributed by atoms with Gasteiger partial charge in [-0.3, -0.25) is 4.79 Å². The molecule has 0 atom stereocenters. The molecule has 0 aliphatic rings. The van der Waals surface area contributed by atoms with Gasteiger partial charge in [-0.05, 0) is 49.7 Å². The molecule has 4 nitrogen and oxygen atoms in total. The van der Waals surface area contributed by atoms with E-state index in [1.165, 1.54) is 0 Å². The van der Waals surface area contributed by atoms with E-state index < -0.39 is 0 Å². The van der Waals surface area contributed by atoms with Crippen LogP contribution in [0.2, 0.25) is 5.02 Å². The predicted octanol–water partition coefficient (Wildman–Crippen LogP) is 3.72. The number of aryl methyl sites for hydroxylation is 1. The first-order valence-corrected chi connectivity index (χ1v) is 7.10. The number of carbonyl (C=O) groups is 1. The molecule has 0 aliphatic carbocycles. The lowest BCUT2D eigenvalue weighted by Crippen LogP contribution is -2.22. The monoisotopic (exact) mass is 303 g/mol. The highest BCUT2D eigenvalue weighted by Gasteiger charge is 2.08. The van der Waals surface area contributed by atoms with Crippen LogP contribution in [0.15, 0.2) is 36.4 Å². The van der Waals surface area contributed by atoms with Gasteiger partial charge in [0, 0.05) is 22.8 Å². The third-order valence-corrected chi connectivity index (χ3v) is 3.51. The van der Waals surface area contributed by atoms with Gasteiger partial charge in [0.1, 0.15) is 0 Å². The summed E-state index contributed by atoms with van der Waals surface area (Å²) < 4.78 is 0. The molecule has 0 bridgehead atoms. The average molecular weight is 304 g/mol. The Labute approximate surface area is 129 Å².